The van der Waals surface area contributed by atoms with E-state index >= 15 is 0 Å². The fourth-order valence-electron chi connectivity index (χ4n) is 3.97. The molecule has 31 heavy (non-hydrogen) atoms. The van der Waals surface area contributed by atoms with Crippen molar-refractivity contribution in [2.75, 3.05) is 6.61 Å². The Morgan fingerprint density at radius 1 is 1.29 bits per heavy atom. The molecule has 0 aliphatic heterocycles. The third kappa shape index (κ3) is 4.31. The standard InChI is InChI=1S/C24H26N4O3/c1-14(2)30-22-11-8-16(12-21(22)25-4)24-27-23(28-31-24)19-7-5-6-18-17(19)9-10-20(18)26-15(3)13-29/h5-8,11-12,14-15,20,26,29H,9-10,13H2,1-3H3/t15-,20-/m1/s1. The molecule has 0 amide bonds. The zero-order chi connectivity index (χ0) is 22.0. The number of hydrogen-bond donors (Lipinski definition) is 2. The van der Waals surface area contributed by atoms with Crippen LogP contribution in [0.4, 0.5) is 5.69 Å². The first-order valence-corrected chi connectivity index (χ1v) is 10.5. The molecule has 0 radical (unpaired) electrons. The van der Waals surface area contributed by atoms with Crippen LogP contribution in [0.25, 0.3) is 27.7 Å². The predicted molar refractivity (Wildman–Crippen MR) is 118 cm³/mol. The van der Waals surface area contributed by atoms with Crippen molar-refractivity contribution in [1.82, 2.24) is 15.5 Å². The summed E-state index contributed by atoms with van der Waals surface area (Å²) in [5.74, 6) is 1.45. The van der Waals surface area contributed by atoms with E-state index in [9.17, 15) is 5.11 Å². The van der Waals surface area contributed by atoms with Gasteiger partial charge in [0.25, 0.3) is 5.89 Å². The van der Waals surface area contributed by atoms with Crippen molar-refractivity contribution in [2.24, 2.45) is 0 Å². The predicted octanol–water partition coefficient (Wildman–Crippen LogP) is 4.70. The van der Waals surface area contributed by atoms with Crippen LogP contribution in [-0.4, -0.2) is 34.0 Å². The first kappa shape index (κ1) is 21.0. The first-order chi connectivity index (χ1) is 15.0. The average molecular weight is 418 g/mol. The summed E-state index contributed by atoms with van der Waals surface area (Å²) in [7, 11) is 0. The van der Waals surface area contributed by atoms with Crippen molar-refractivity contribution in [2.45, 2.75) is 51.8 Å². The van der Waals surface area contributed by atoms with E-state index in [1.807, 2.05) is 39.0 Å². The van der Waals surface area contributed by atoms with E-state index in [4.69, 9.17) is 15.8 Å². The largest absolute Gasteiger partial charge is 0.502 e. The third-order valence-electron chi connectivity index (χ3n) is 5.39. The Kier molecular flexibility index (Phi) is 6.03. The number of fused-ring (bicyclic) bond motifs is 1. The summed E-state index contributed by atoms with van der Waals surface area (Å²) in [6, 6.07) is 11.7. The minimum absolute atomic E-state index is 0.0137. The molecule has 0 spiro atoms. The van der Waals surface area contributed by atoms with E-state index in [1.165, 1.54) is 11.1 Å². The SMILES string of the molecule is [C-]#[N+]c1cc(-c2nc(-c3cccc4c3CC[C@H]4N[C@H](C)CO)no2)ccc1OC(C)C. The fraction of sp³-hybridized carbons (Fsp3) is 0.375. The number of aliphatic hydroxyl groups is 1. The van der Waals surface area contributed by atoms with Crippen molar-refractivity contribution in [1.29, 1.82) is 0 Å². The molecule has 1 aromatic heterocycles. The Labute approximate surface area is 181 Å². The van der Waals surface area contributed by atoms with Crippen molar-refractivity contribution in [3.8, 4) is 28.6 Å². The van der Waals surface area contributed by atoms with Gasteiger partial charge in [0.15, 0.2) is 0 Å². The summed E-state index contributed by atoms with van der Waals surface area (Å²) in [5, 5.41) is 17.0. The average Bonchev–Trinajstić information content (AvgIpc) is 3.41. The maximum absolute atomic E-state index is 9.36. The maximum atomic E-state index is 9.36. The van der Waals surface area contributed by atoms with Gasteiger partial charge in [-0.2, -0.15) is 4.98 Å². The summed E-state index contributed by atoms with van der Waals surface area (Å²) in [6.45, 7) is 13.4. The van der Waals surface area contributed by atoms with Gasteiger partial charge in [-0.25, -0.2) is 4.85 Å². The van der Waals surface area contributed by atoms with Crippen molar-refractivity contribution in [3.05, 3.63) is 58.9 Å². The number of aliphatic hydroxyl groups excluding tert-OH is 1. The molecular weight excluding hydrogens is 392 g/mol. The molecule has 2 atom stereocenters. The molecule has 1 aliphatic carbocycles. The van der Waals surface area contributed by atoms with Crippen LogP contribution in [0.3, 0.4) is 0 Å². The maximum Gasteiger partial charge on any atom is 0.256 e. The molecule has 2 N–H and O–H groups in total. The highest BCUT2D eigenvalue weighted by molar-refractivity contribution is 5.70. The highest BCUT2D eigenvalue weighted by atomic mass is 16.5. The number of rotatable bonds is 7. The Bertz CT molecular complexity index is 1120. The van der Waals surface area contributed by atoms with Gasteiger partial charge in [-0.3, -0.25) is 0 Å². The Hall–Kier alpha value is -3.21. The van der Waals surface area contributed by atoms with Gasteiger partial charge in [0.2, 0.25) is 11.5 Å². The molecule has 0 saturated heterocycles. The zero-order valence-corrected chi connectivity index (χ0v) is 17.9. The van der Waals surface area contributed by atoms with Gasteiger partial charge in [-0.05, 0) is 62.9 Å². The summed E-state index contributed by atoms with van der Waals surface area (Å²) in [6.07, 6.45) is 1.86. The topological polar surface area (TPSA) is 84.8 Å². The van der Waals surface area contributed by atoms with Crippen molar-refractivity contribution in [3.63, 3.8) is 0 Å². The molecule has 2 aromatic carbocycles. The van der Waals surface area contributed by atoms with Gasteiger partial charge < -0.3 is 19.7 Å². The van der Waals surface area contributed by atoms with E-state index in [0.29, 0.717) is 28.7 Å². The molecule has 4 rings (SSSR count). The van der Waals surface area contributed by atoms with Gasteiger partial charge in [0.1, 0.15) is 5.75 Å². The Morgan fingerprint density at radius 3 is 2.87 bits per heavy atom. The fourth-order valence-corrected chi connectivity index (χ4v) is 3.97. The smallest absolute Gasteiger partial charge is 0.256 e. The molecule has 0 saturated carbocycles. The minimum Gasteiger partial charge on any atom is -0.502 e. The summed E-state index contributed by atoms with van der Waals surface area (Å²) >= 11 is 0. The number of hydrogen-bond acceptors (Lipinski definition) is 6. The number of ether oxygens (including phenoxy) is 1. The number of nitrogens with one attached hydrogen (secondary N) is 1. The molecule has 1 heterocycles. The molecule has 7 heteroatoms. The summed E-state index contributed by atoms with van der Waals surface area (Å²) in [4.78, 5) is 8.19. The molecule has 7 nitrogen and oxygen atoms in total. The monoisotopic (exact) mass is 418 g/mol. The Balaban J connectivity index is 1.63. The van der Waals surface area contributed by atoms with E-state index in [2.05, 4.69) is 26.4 Å². The number of nitrogens with zero attached hydrogens (tertiary/aromatic N) is 3. The number of benzene rings is 2. The lowest BCUT2D eigenvalue weighted by atomic mass is 10.0. The van der Waals surface area contributed by atoms with Crippen LogP contribution in [-0.2, 0) is 6.42 Å². The second-order valence-electron chi connectivity index (χ2n) is 8.10. The van der Waals surface area contributed by atoms with E-state index in [-0.39, 0.29) is 24.8 Å². The summed E-state index contributed by atoms with van der Waals surface area (Å²) < 4.78 is 11.2. The molecule has 0 fully saturated rings. The van der Waals surface area contributed by atoms with Gasteiger partial charge in [-0.15, -0.1) is 0 Å². The van der Waals surface area contributed by atoms with E-state index < -0.39 is 0 Å². The van der Waals surface area contributed by atoms with Crippen LogP contribution in [0.1, 0.15) is 44.4 Å². The number of aromatic nitrogens is 2. The highest BCUT2D eigenvalue weighted by Crippen LogP contribution is 2.38. The van der Waals surface area contributed by atoms with Gasteiger partial charge in [0.05, 0.1) is 19.3 Å². The van der Waals surface area contributed by atoms with Crippen LogP contribution < -0.4 is 10.1 Å². The molecule has 0 unspecified atom stereocenters. The highest BCUT2D eigenvalue weighted by Gasteiger charge is 2.27. The van der Waals surface area contributed by atoms with E-state index in [0.717, 1.165) is 18.4 Å². The lowest BCUT2D eigenvalue weighted by molar-refractivity contribution is 0.240. The molecule has 160 valence electrons. The normalized spacial score (nSPS) is 16.2. The van der Waals surface area contributed by atoms with Crippen LogP contribution in [0.5, 0.6) is 5.75 Å². The van der Waals surface area contributed by atoms with Crippen LogP contribution in [0, 0.1) is 6.57 Å². The molecule has 1 aliphatic rings. The second-order valence-corrected chi connectivity index (χ2v) is 8.10. The quantitative estimate of drug-likeness (QED) is 0.541. The van der Waals surface area contributed by atoms with E-state index in [1.54, 1.807) is 12.1 Å². The third-order valence-corrected chi connectivity index (χ3v) is 5.39. The van der Waals surface area contributed by atoms with Gasteiger partial charge in [0, 0.05) is 23.2 Å². The lowest BCUT2D eigenvalue weighted by Gasteiger charge is -2.18. The van der Waals surface area contributed by atoms with Gasteiger partial charge in [-0.1, -0.05) is 23.4 Å². The molecular formula is C24H26N4O3. The lowest BCUT2D eigenvalue weighted by Crippen LogP contribution is -2.32. The zero-order valence-electron chi connectivity index (χ0n) is 17.9. The second kappa shape index (κ2) is 8.88. The van der Waals surface area contributed by atoms with Crippen LogP contribution in [0.2, 0.25) is 0 Å². The van der Waals surface area contributed by atoms with Crippen molar-refractivity contribution >= 4 is 5.69 Å². The molecule has 0 bridgehead atoms. The first-order valence-electron chi connectivity index (χ1n) is 10.5. The van der Waals surface area contributed by atoms with Gasteiger partial charge >= 0.3 is 0 Å². The molecule has 3 aromatic rings. The minimum atomic E-state index is -0.0137. The van der Waals surface area contributed by atoms with Crippen molar-refractivity contribution < 1.29 is 14.4 Å². The Morgan fingerprint density at radius 2 is 2.13 bits per heavy atom. The summed E-state index contributed by atoms with van der Waals surface area (Å²) in [5.41, 5.74) is 4.48. The van der Waals surface area contributed by atoms with Crippen LogP contribution >= 0.6 is 0 Å². The van der Waals surface area contributed by atoms with Crippen LogP contribution in [0.15, 0.2) is 40.9 Å².